The Kier molecular flexibility index (Phi) is 4.13. The SMILES string of the molecule is CCCC(C)C(C)(C)C(C)C. The summed E-state index contributed by atoms with van der Waals surface area (Å²) in [6.07, 6.45) is 2.68. The topological polar surface area (TPSA) is 0 Å². The van der Waals surface area contributed by atoms with Crippen LogP contribution >= 0.6 is 0 Å². The third-order valence-corrected chi connectivity index (χ3v) is 3.48. The predicted octanol–water partition coefficient (Wildman–Crippen LogP) is 4.10. The van der Waals surface area contributed by atoms with Crippen molar-refractivity contribution < 1.29 is 0 Å². The van der Waals surface area contributed by atoms with Gasteiger partial charge in [-0.1, -0.05) is 54.4 Å². The highest BCUT2D eigenvalue weighted by molar-refractivity contribution is 4.77. The van der Waals surface area contributed by atoms with Gasteiger partial charge in [-0.05, 0) is 17.3 Å². The van der Waals surface area contributed by atoms with Crippen LogP contribution < -0.4 is 0 Å². The molecule has 0 spiro atoms. The van der Waals surface area contributed by atoms with E-state index in [0.717, 1.165) is 11.8 Å². The van der Waals surface area contributed by atoms with E-state index < -0.39 is 0 Å². The Labute approximate surface area is 72.4 Å². The molecular weight excluding hydrogens is 132 g/mol. The van der Waals surface area contributed by atoms with Gasteiger partial charge < -0.3 is 0 Å². The minimum atomic E-state index is 0.510. The average molecular weight is 156 g/mol. The highest BCUT2D eigenvalue weighted by Crippen LogP contribution is 2.36. The van der Waals surface area contributed by atoms with Crippen molar-refractivity contribution in [3.05, 3.63) is 0 Å². The highest BCUT2D eigenvalue weighted by atomic mass is 14.3. The first kappa shape index (κ1) is 11.0. The number of rotatable bonds is 4. The third kappa shape index (κ3) is 2.84. The first-order valence-electron chi connectivity index (χ1n) is 4.92. The Morgan fingerprint density at radius 3 is 1.82 bits per heavy atom. The summed E-state index contributed by atoms with van der Waals surface area (Å²) < 4.78 is 0. The van der Waals surface area contributed by atoms with E-state index in [1.54, 1.807) is 0 Å². The van der Waals surface area contributed by atoms with Crippen LogP contribution in [0.2, 0.25) is 0 Å². The molecule has 0 saturated heterocycles. The zero-order valence-corrected chi connectivity index (χ0v) is 9.07. The summed E-state index contributed by atoms with van der Waals surface area (Å²) >= 11 is 0. The fourth-order valence-electron chi connectivity index (χ4n) is 1.37. The molecule has 0 aromatic rings. The maximum absolute atomic E-state index is 2.39. The quantitative estimate of drug-likeness (QED) is 0.574. The average Bonchev–Trinajstić information content (AvgIpc) is 1.88. The third-order valence-electron chi connectivity index (χ3n) is 3.48. The van der Waals surface area contributed by atoms with Crippen LogP contribution in [0, 0.1) is 17.3 Å². The van der Waals surface area contributed by atoms with Crippen LogP contribution in [-0.4, -0.2) is 0 Å². The van der Waals surface area contributed by atoms with E-state index in [1.807, 2.05) is 0 Å². The van der Waals surface area contributed by atoms with Crippen molar-refractivity contribution in [3.63, 3.8) is 0 Å². The lowest BCUT2D eigenvalue weighted by Gasteiger charge is -2.35. The Hall–Kier alpha value is 0. The Morgan fingerprint density at radius 2 is 1.55 bits per heavy atom. The molecule has 0 aromatic heterocycles. The van der Waals surface area contributed by atoms with Gasteiger partial charge in [0.2, 0.25) is 0 Å². The Balaban J connectivity index is 4.05. The van der Waals surface area contributed by atoms with Crippen molar-refractivity contribution in [3.8, 4) is 0 Å². The van der Waals surface area contributed by atoms with Gasteiger partial charge in [0.05, 0.1) is 0 Å². The van der Waals surface area contributed by atoms with Crippen LogP contribution in [0.15, 0.2) is 0 Å². The normalized spacial score (nSPS) is 15.5. The van der Waals surface area contributed by atoms with Crippen molar-refractivity contribution in [2.75, 3.05) is 0 Å². The summed E-state index contributed by atoms with van der Waals surface area (Å²) in [5.74, 6) is 1.65. The molecule has 0 aliphatic heterocycles. The highest BCUT2D eigenvalue weighted by Gasteiger charge is 2.28. The molecule has 0 amide bonds. The lowest BCUT2D eigenvalue weighted by Crippen LogP contribution is -2.27. The van der Waals surface area contributed by atoms with E-state index in [0.29, 0.717) is 5.41 Å². The Morgan fingerprint density at radius 1 is 1.09 bits per heavy atom. The fourth-order valence-corrected chi connectivity index (χ4v) is 1.37. The molecule has 1 atom stereocenters. The summed E-state index contributed by atoms with van der Waals surface area (Å²) in [5.41, 5.74) is 0.510. The second kappa shape index (κ2) is 4.13. The molecule has 11 heavy (non-hydrogen) atoms. The molecule has 0 saturated carbocycles. The molecule has 0 rings (SSSR count). The summed E-state index contributed by atoms with van der Waals surface area (Å²) in [6, 6.07) is 0. The van der Waals surface area contributed by atoms with Crippen LogP contribution in [0.25, 0.3) is 0 Å². The van der Waals surface area contributed by atoms with E-state index in [4.69, 9.17) is 0 Å². The molecule has 0 nitrogen and oxygen atoms in total. The number of hydrogen-bond acceptors (Lipinski definition) is 0. The van der Waals surface area contributed by atoms with Crippen LogP contribution in [0.5, 0.6) is 0 Å². The molecule has 0 heteroatoms. The molecule has 0 bridgehead atoms. The van der Waals surface area contributed by atoms with Crippen molar-refractivity contribution in [2.24, 2.45) is 17.3 Å². The van der Waals surface area contributed by atoms with Gasteiger partial charge in [0.25, 0.3) is 0 Å². The molecule has 68 valence electrons. The minimum Gasteiger partial charge on any atom is -0.0654 e. The molecule has 0 N–H and O–H groups in total. The van der Waals surface area contributed by atoms with E-state index in [-0.39, 0.29) is 0 Å². The molecule has 1 unspecified atom stereocenters. The molecule has 0 aliphatic carbocycles. The van der Waals surface area contributed by atoms with E-state index in [9.17, 15) is 0 Å². The maximum atomic E-state index is 2.39. The molecule has 0 aromatic carbocycles. The lowest BCUT2D eigenvalue weighted by molar-refractivity contribution is 0.142. The van der Waals surface area contributed by atoms with Gasteiger partial charge in [-0.15, -0.1) is 0 Å². The summed E-state index contributed by atoms with van der Waals surface area (Å²) in [6.45, 7) is 14.1. The molecule has 0 fully saturated rings. The van der Waals surface area contributed by atoms with Gasteiger partial charge in [-0.3, -0.25) is 0 Å². The van der Waals surface area contributed by atoms with Gasteiger partial charge in [0, 0.05) is 0 Å². The van der Waals surface area contributed by atoms with E-state index in [2.05, 4.69) is 41.5 Å². The molecule has 0 radical (unpaired) electrons. The van der Waals surface area contributed by atoms with E-state index in [1.165, 1.54) is 12.8 Å². The molecular formula is C11H24. The van der Waals surface area contributed by atoms with Crippen LogP contribution in [0.4, 0.5) is 0 Å². The van der Waals surface area contributed by atoms with Crippen LogP contribution in [0.1, 0.15) is 54.4 Å². The zero-order valence-electron chi connectivity index (χ0n) is 9.07. The van der Waals surface area contributed by atoms with Crippen molar-refractivity contribution >= 4 is 0 Å². The monoisotopic (exact) mass is 156 g/mol. The first-order valence-corrected chi connectivity index (χ1v) is 4.92. The first-order chi connectivity index (χ1) is 4.92. The number of hydrogen-bond donors (Lipinski definition) is 0. The van der Waals surface area contributed by atoms with Crippen LogP contribution in [0.3, 0.4) is 0 Å². The van der Waals surface area contributed by atoms with Crippen LogP contribution in [-0.2, 0) is 0 Å². The van der Waals surface area contributed by atoms with Crippen molar-refractivity contribution in [2.45, 2.75) is 54.4 Å². The molecule has 0 aliphatic rings. The summed E-state index contributed by atoms with van der Waals surface area (Å²) in [7, 11) is 0. The van der Waals surface area contributed by atoms with Crippen molar-refractivity contribution in [1.82, 2.24) is 0 Å². The zero-order chi connectivity index (χ0) is 9.07. The minimum absolute atomic E-state index is 0.510. The summed E-state index contributed by atoms with van der Waals surface area (Å²) in [5, 5.41) is 0. The van der Waals surface area contributed by atoms with Gasteiger partial charge in [0.1, 0.15) is 0 Å². The Bertz CT molecular complexity index is 101. The molecule has 0 heterocycles. The second-order valence-electron chi connectivity index (χ2n) is 4.67. The summed E-state index contributed by atoms with van der Waals surface area (Å²) in [4.78, 5) is 0. The van der Waals surface area contributed by atoms with Gasteiger partial charge in [-0.25, -0.2) is 0 Å². The van der Waals surface area contributed by atoms with Crippen molar-refractivity contribution in [1.29, 1.82) is 0 Å². The van der Waals surface area contributed by atoms with Gasteiger partial charge in [-0.2, -0.15) is 0 Å². The van der Waals surface area contributed by atoms with E-state index >= 15 is 0 Å². The fraction of sp³-hybridized carbons (Fsp3) is 1.00. The van der Waals surface area contributed by atoms with Gasteiger partial charge in [0.15, 0.2) is 0 Å². The second-order valence-corrected chi connectivity index (χ2v) is 4.67. The largest absolute Gasteiger partial charge is 0.0654 e. The predicted molar refractivity (Wildman–Crippen MR) is 52.7 cm³/mol. The standard InChI is InChI=1S/C11H24/c1-7-8-10(4)11(5,6)9(2)3/h9-10H,7-8H2,1-6H3. The smallest absolute Gasteiger partial charge is 0.0305 e. The lowest BCUT2D eigenvalue weighted by atomic mass is 9.70. The maximum Gasteiger partial charge on any atom is -0.0305 e. The van der Waals surface area contributed by atoms with Gasteiger partial charge >= 0.3 is 0 Å².